The Morgan fingerprint density at radius 1 is 1.03 bits per heavy atom. The SMILES string of the molecule is Cn1nc(-c2cccc(NS(C)(=O)=O)c2)c2c(c(Nc3ccc(I)cc3F)c(F)c(=O)n2C)c1=O. The molecule has 0 saturated heterocycles. The van der Waals surface area contributed by atoms with Gasteiger partial charge in [0.25, 0.3) is 11.1 Å². The van der Waals surface area contributed by atoms with Crippen LogP contribution in [0.2, 0.25) is 0 Å². The van der Waals surface area contributed by atoms with Gasteiger partial charge >= 0.3 is 0 Å². The molecule has 2 aromatic carbocycles. The molecule has 4 aromatic rings. The summed E-state index contributed by atoms with van der Waals surface area (Å²) in [6, 6.07) is 10.3. The van der Waals surface area contributed by atoms with E-state index in [1.165, 1.54) is 38.4 Å². The molecule has 0 saturated carbocycles. The van der Waals surface area contributed by atoms with Crippen molar-refractivity contribution < 1.29 is 17.2 Å². The van der Waals surface area contributed by atoms with Gasteiger partial charge in [-0.25, -0.2) is 17.5 Å². The molecular weight excluding hydrogens is 595 g/mol. The van der Waals surface area contributed by atoms with Crippen LogP contribution in [0.25, 0.3) is 22.2 Å². The Morgan fingerprint density at radius 2 is 1.74 bits per heavy atom. The van der Waals surface area contributed by atoms with Crippen LogP contribution in [0.15, 0.2) is 52.1 Å². The van der Waals surface area contributed by atoms with E-state index in [1.54, 1.807) is 18.2 Å². The maximum absolute atomic E-state index is 15.2. The second-order valence-electron chi connectivity index (χ2n) is 7.76. The number of aromatic nitrogens is 3. The number of benzene rings is 2. The standard InChI is InChI=1S/C22H18F2IN5O4S/c1-29-20-16(19(17(24)22(29)32)26-15-8-7-12(25)10-14(15)23)21(31)30(2)27-18(20)11-5-4-6-13(9-11)28-35(3,33)34/h4-10,26,28H,1-3H3. The Balaban J connectivity index is 2.06. The third-order valence-corrected chi connectivity index (χ3v) is 6.42. The number of hydrogen-bond acceptors (Lipinski definition) is 6. The first-order valence-corrected chi connectivity index (χ1v) is 12.9. The second kappa shape index (κ2) is 9.03. The molecule has 2 aromatic heterocycles. The average molecular weight is 613 g/mol. The Bertz CT molecular complexity index is 1740. The summed E-state index contributed by atoms with van der Waals surface area (Å²) in [5.41, 5.74) is -1.72. The number of aryl methyl sites for hydroxylation is 2. The van der Waals surface area contributed by atoms with Crippen molar-refractivity contribution in [3.8, 4) is 11.3 Å². The fourth-order valence-corrected chi connectivity index (χ4v) is 4.63. The Labute approximate surface area is 211 Å². The van der Waals surface area contributed by atoms with Crippen molar-refractivity contribution in [1.29, 1.82) is 0 Å². The number of rotatable bonds is 5. The summed E-state index contributed by atoms with van der Waals surface area (Å²) in [6.45, 7) is 0. The molecule has 2 N–H and O–H groups in total. The van der Waals surface area contributed by atoms with Crippen molar-refractivity contribution in [2.45, 2.75) is 0 Å². The van der Waals surface area contributed by atoms with E-state index in [0.29, 0.717) is 9.13 Å². The fraction of sp³-hybridized carbons (Fsp3) is 0.136. The smallest absolute Gasteiger partial charge is 0.289 e. The average Bonchev–Trinajstić information content (AvgIpc) is 2.77. The first-order valence-electron chi connectivity index (χ1n) is 9.97. The summed E-state index contributed by atoms with van der Waals surface area (Å²) in [6.07, 6.45) is 0.994. The molecule has 0 bridgehead atoms. The summed E-state index contributed by atoms with van der Waals surface area (Å²) in [7, 11) is -0.946. The largest absolute Gasteiger partial charge is 0.350 e. The molecule has 0 fully saturated rings. The lowest BCUT2D eigenvalue weighted by atomic mass is 10.1. The van der Waals surface area contributed by atoms with Crippen molar-refractivity contribution >= 4 is 60.6 Å². The first kappa shape index (κ1) is 24.8. The van der Waals surface area contributed by atoms with E-state index in [1.807, 2.05) is 22.6 Å². The minimum absolute atomic E-state index is 0.00979. The molecule has 182 valence electrons. The van der Waals surface area contributed by atoms with Crippen molar-refractivity contribution in [2.75, 3.05) is 16.3 Å². The lowest BCUT2D eigenvalue weighted by molar-refractivity contribution is 0.598. The van der Waals surface area contributed by atoms with E-state index in [-0.39, 0.29) is 28.0 Å². The van der Waals surface area contributed by atoms with Crippen molar-refractivity contribution in [3.63, 3.8) is 0 Å². The van der Waals surface area contributed by atoms with E-state index >= 15 is 4.39 Å². The highest BCUT2D eigenvalue weighted by molar-refractivity contribution is 14.1. The molecule has 2 heterocycles. The van der Waals surface area contributed by atoms with Gasteiger partial charge in [0, 0.05) is 28.9 Å². The van der Waals surface area contributed by atoms with Crippen LogP contribution in [0.5, 0.6) is 0 Å². The zero-order valence-corrected chi connectivity index (χ0v) is 21.5. The number of sulfonamides is 1. The molecule has 4 rings (SSSR count). The highest BCUT2D eigenvalue weighted by atomic mass is 127. The second-order valence-corrected chi connectivity index (χ2v) is 10.8. The lowest BCUT2D eigenvalue weighted by Gasteiger charge is -2.17. The van der Waals surface area contributed by atoms with Crippen LogP contribution in [-0.4, -0.2) is 29.0 Å². The molecule has 0 aliphatic rings. The van der Waals surface area contributed by atoms with Gasteiger partial charge in [0.1, 0.15) is 11.5 Å². The van der Waals surface area contributed by atoms with Crippen molar-refractivity contribution in [2.24, 2.45) is 14.1 Å². The molecule has 9 nitrogen and oxygen atoms in total. The molecule has 0 amide bonds. The topological polar surface area (TPSA) is 115 Å². The summed E-state index contributed by atoms with van der Waals surface area (Å²) in [5.74, 6) is -1.96. The molecule has 0 aliphatic carbocycles. The third-order valence-electron chi connectivity index (χ3n) is 5.15. The van der Waals surface area contributed by atoms with Crippen LogP contribution in [0.4, 0.5) is 25.8 Å². The molecule has 0 atom stereocenters. The number of halogens is 3. The maximum atomic E-state index is 15.2. The molecule has 0 aliphatic heterocycles. The predicted molar refractivity (Wildman–Crippen MR) is 138 cm³/mol. The van der Waals surface area contributed by atoms with Crippen LogP contribution in [0.1, 0.15) is 0 Å². The van der Waals surface area contributed by atoms with Gasteiger partial charge < -0.3 is 9.88 Å². The van der Waals surface area contributed by atoms with Gasteiger partial charge in [-0.2, -0.15) is 9.49 Å². The monoisotopic (exact) mass is 613 g/mol. The fourth-order valence-electron chi connectivity index (χ4n) is 3.62. The summed E-state index contributed by atoms with van der Waals surface area (Å²) in [4.78, 5) is 25.9. The van der Waals surface area contributed by atoms with Crippen LogP contribution in [-0.2, 0) is 24.1 Å². The van der Waals surface area contributed by atoms with Gasteiger partial charge in [-0.15, -0.1) is 0 Å². The Morgan fingerprint density at radius 3 is 2.40 bits per heavy atom. The molecule has 13 heteroatoms. The summed E-state index contributed by atoms with van der Waals surface area (Å²) < 4.78 is 57.9. The molecule has 0 radical (unpaired) electrons. The number of fused-ring (bicyclic) bond motifs is 1. The van der Waals surface area contributed by atoms with Crippen molar-refractivity contribution in [3.05, 3.63) is 78.4 Å². The number of nitrogens with zero attached hydrogens (tertiary/aromatic N) is 3. The van der Waals surface area contributed by atoms with E-state index in [4.69, 9.17) is 0 Å². The number of nitrogens with one attached hydrogen (secondary N) is 2. The number of anilines is 3. The quantitative estimate of drug-likeness (QED) is 0.334. The third kappa shape index (κ3) is 4.77. The predicted octanol–water partition coefficient (Wildman–Crippen LogP) is 3.30. The molecule has 35 heavy (non-hydrogen) atoms. The maximum Gasteiger partial charge on any atom is 0.289 e. The summed E-state index contributed by atoms with van der Waals surface area (Å²) >= 11 is 1.92. The normalized spacial score (nSPS) is 11.6. The number of hydrogen-bond donors (Lipinski definition) is 2. The zero-order valence-electron chi connectivity index (χ0n) is 18.6. The van der Waals surface area contributed by atoms with Crippen molar-refractivity contribution in [1.82, 2.24) is 14.3 Å². The Kier molecular flexibility index (Phi) is 6.40. The van der Waals surface area contributed by atoms with Crippen LogP contribution in [0.3, 0.4) is 0 Å². The Hall–Kier alpha value is -3.33. The van der Waals surface area contributed by atoms with Crippen LogP contribution >= 0.6 is 22.6 Å². The summed E-state index contributed by atoms with van der Waals surface area (Å²) in [5, 5.41) is 6.60. The minimum Gasteiger partial charge on any atom is -0.350 e. The molecule has 0 unspecified atom stereocenters. The minimum atomic E-state index is -3.58. The van der Waals surface area contributed by atoms with Gasteiger partial charge in [-0.05, 0) is 52.9 Å². The van der Waals surface area contributed by atoms with Crippen LogP contribution in [0, 0.1) is 15.2 Å². The van der Waals surface area contributed by atoms with Gasteiger partial charge in [-0.1, -0.05) is 12.1 Å². The van der Waals surface area contributed by atoms with Gasteiger partial charge in [0.05, 0.1) is 28.5 Å². The van der Waals surface area contributed by atoms with Gasteiger partial charge in [-0.3, -0.25) is 14.3 Å². The number of pyridine rings is 1. The highest BCUT2D eigenvalue weighted by Crippen LogP contribution is 2.32. The zero-order chi connectivity index (χ0) is 25.7. The van der Waals surface area contributed by atoms with Gasteiger partial charge in [0.15, 0.2) is 0 Å². The first-order chi connectivity index (χ1) is 16.4. The molecule has 0 spiro atoms. The van der Waals surface area contributed by atoms with E-state index in [0.717, 1.165) is 15.5 Å². The lowest BCUT2D eigenvalue weighted by Crippen LogP contribution is -2.29. The van der Waals surface area contributed by atoms with E-state index in [9.17, 15) is 22.4 Å². The van der Waals surface area contributed by atoms with Crippen LogP contribution < -0.4 is 21.2 Å². The molecular formula is C22H18F2IN5O4S. The van der Waals surface area contributed by atoms with Gasteiger partial charge in [0.2, 0.25) is 15.8 Å². The highest BCUT2D eigenvalue weighted by Gasteiger charge is 2.24. The van der Waals surface area contributed by atoms with E-state index < -0.39 is 38.5 Å². The van der Waals surface area contributed by atoms with E-state index in [2.05, 4.69) is 15.1 Å².